The highest BCUT2D eigenvalue weighted by atomic mass is 16.5. The minimum atomic E-state index is 0.847. The maximum absolute atomic E-state index is 5.21. The molecule has 0 amide bonds. The summed E-state index contributed by atoms with van der Waals surface area (Å²) in [6.07, 6.45) is 7.15. The van der Waals surface area contributed by atoms with Crippen LogP contribution >= 0.6 is 0 Å². The molecule has 0 saturated heterocycles. The van der Waals surface area contributed by atoms with Gasteiger partial charge in [-0.3, -0.25) is 4.57 Å². The zero-order valence-electron chi connectivity index (χ0n) is 9.37. The van der Waals surface area contributed by atoms with E-state index in [-0.39, 0.29) is 0 Å². The largest absolute Gasteiger partial charge is 0.497 e. The highest BCUT2D eigenvalue weighted by molar-refractivity contribution is 5.89. The van der Waals surface area contributed by atoms with E-state index in [1.807, 2.05) is 35.0 Å². The van der Waals surface area contributed by atoms with Gasteiger partial charge in [-0.2, -0.15) is 0 Å². The van der Waals surface area contributed by atoms with Crippen molar-refractivity contribution in [3.63, 3.8) is 0 Å². The van der Waals surface area contributed by atoms with Gasteiger partial charge in [-0.05, 0) is 29.7 Å². The van der Waals surface area contributed by atoms with Gasteiger partial charge in [0.25, 0.3) is 0 Å². The van der Waals surface area contributed by atoms with Gasteiger partial charge in [0.2, 0.25) is 0 Å². The lowest BCUT2D eigenvalue weighted by atomic mass is 10.1. The van der Waals surface area contributed by atoms with E-state index < -0.39 is 0 Å². The van der Waals surface area contributed by atoms with Gasteiger partial charge in [-0.1, -0.05) is 0 Å². The Bertz CT molecular complexity index is 647. The number of imidazole rings is 1. The van der Waals surface area contributed by atoms with Crippen LogP contribution in [0.25, 0.3) is 16.6 Å². The molecule has 2 aromatic heterocycles. The minimum absolute atomic E-state index is 0.847. The standard InChI is InChI=1S/C13H11N3O/c1-17-11-2-3-12-10(8-11)4-5-15-13(12)16-7-6-14-9-16/h2-9H,1H3. The number of pyridine rings is 1. The van der Waals surface area contributed by atoms with Crippen molar-refractivity contribution in [3.05, 3.63) is 49.2 Å². The van der Waals surface area contributed by atoms with Crippen molar-refractivity contribution in [2.45, 2.75) is 0 Å². The summed E-state index contributed by atoms with van der Waals surface area (Å²) in [5.41, 5.74) is 0. The lowest BCUT2D eigenvalue weighted by Crippen LogP contribution is -1.95. The molecule has 0 atom stereocenters. The molecule has 17 heavy (non-hydrogen) atoms. The number of ether oxygens (including phenoxy) is 1. The third-order valence-electron chi connectivity index (χ3n) is 2.70. The Balaban J connectivity index is 2.27. The summed E-state index contributed by atoms with van der Waals surface area (Å²) < 4.78 is 7.11. The summed E-state index contributed by atoms with van der Waals surface area (Å²) in [6, 6.07) is 7.91. The van der Waals surface area contributed by atoms with E-state index in [1.165, 1.54) is 0 Å². The molecule has 0 unspecified atom stereocenters. The molecule has 0 saturated carbocycles. The molecule has 0 aliphatic heterocycles. The SMILES string of the molecule is COc1ccc2c(-n3ccnc3)nccc2c1. The van der Waals surface area contributed by atoms with Gasteiger partial charge in [0.05, 0.1) is 7.11 Å². The van der Waals surface area contributed by atoms with E-state index in [4.69, 9.17) is 4.74 Å². The van der Waals surface area contributed by atoms with Gasteiger partial charge >= 0.3 is 0 Å². The predicted octanol–water partition coefficient (Wildman–Crippen LogP) is 2.43. The number of benzene rings is 1. The summed E-state index contributed by atoms with van der Waals surface area (Å²) in [5.74, 6) is 1.72. The molecule has 84 valence electrons. The molecule has 0 radical (unpaired) electrons. The first-order chi connectivity index (χ1) is 8.38. The highest BCUT2D eigenvalue weighted by Gasteiger charge is 2.04. The first-order valence-electron chi connectivity index (χ1n) is 5.29. The van der Waals surface area contributed by atoms with Gasteiger partial charge in [-0.15, -0.1) is 0 Å². The number of hydrogen-bond acceptors (Lipinski definition) is 3. The van der Waals surface area contributed by atoms with Crippen LogP contribution in [-0.4, -0.2) is 21.6 Å². The lowest BCUT2D eigenvalue weighted by Gasteiger charge is -2.07. The second-order valence-electron chi connectivity index (χ2n) is 3.69. The maximum atomic E-state index is 5.21. The molecule has 3 aromatic rings. The van der Waals surface area contributed by atoms with Crippen molar-refractivity contribution in [2.75, 3.05) is 7.11 Å². The van der Waals surface area contributed by atoms with Crippen LogP contribution in [0.15, 0.2) is 49.2 Å². The van der Waals surface area contributed by atoms with Crippen molar-refractivity contribution in [2.24, 2.45) is 0 Å². The second kappa shape index (κ2) is 3.90. The third-order valence-corrected chi connectivity index (χ3v) is 2.70. The Kier molecular flexibility index (Phi) is 2.26. The first kappa shape index (κ1) is 9.84. The van der Waals surface area contributed by atoms with E-state index >= 15 is 0 Å². The van der Waals surface area contributed by atoms with Crippen LogP contribution in [0.3, 0.4) is 0 Å². The second-order valence-corrected chi connectivity index (χ2v) is 3.69. The molecule has 4 heteroatoms. The van der Waals surface area contributed by atoms with Crippen LogP contribution in [-0.2, 0) is 0 Å². The normalized spacial score (nSPS) is 10.6. The zero-order chi connectivity index (χ0) is 11.7. The van der Waals surface area contributed by atoms with E-state index in [1.54, 1.807) is 25.8 Å². The Labute approximate surface area is 98.5 Å². The van der Waals surface area contributed by atoms with Crippen molar-refractivity contribution in [1.29, 1.82) is 0 Å². The average Bonchev–Trinajstić information content (AvgIpc) is 2.91. The van der Waals surface area contributed by atoms with Crippen LogP contribution in [0.2, 0.25) is 0 Å². The Morgan fingerprint density at radius 2 is 2.12 bits per heavy atom. The molecule has 0 spiro atoms. The topological polar surface area (TPSA) is 39.9 Å². The van der Waals surface area contributed by atoms with E-state index in [0.29, 0.717) is 0 Å². The van der Waals surface area contributed by atoms with E-state index in [0.717, 1.165) is 22.3 Å². The van der Waals surface area contributed by atoms with Gasteiger partial charge in [0, 0.05) is 24.0 Å². The third kappa shape index (κ3) is 1.63. The van der Waals surface area contributed by atoms with Gasteiger partial charge < -0.3 is 4.74 Å². The van der Waals surface area contributed by atoms with Gasteiger partial charge in [0.1, 0.15) is 17.9 Å². The molecular weight excluding hydrogens is 214 g/mol. The smallest absolute Gasteiger partial charge is 0.145 e. The zero-order valence-corrected chi connectivity index (χ0v) is 9.37. The molecular formula is C13H11N3O. The fourth-order valence-electron chi connectivity index (χ4n) is 1.86. The lowest BCUT2D eigenvalue weighted by molar-refractivity contribution is 0.415. The Hall–Kier alpha value is -2.36. The van der Waals surface area contributed by atoms with Crippen LogP contribution in [0, 0.1) is 0 Å². The molecule has 0 bridgehead atoms. The van der Waals surface area contributed by atoms with Crippen LogP contribution in [0.5, 0.6) is 5.75 Å². The summed E-state index contributed by atoms with van der Waals surface area (Å²) in [5, 5.41) is 2.18. The van der Waals surface area contributed by atoms with Crippen molar-refractivity contribution in [1.82, 2.24) is 14.5 Å². The number of rotatable bonds is 2. The Morgan fingerprint density at radius 3 is 2.88 bits per heavy atom. The molecule has 0 fully saturated rings. The average molecular weight is 225 g/mol. The fourth-order valence-corrected chi connectivity index (χ4v) is 1.86. The summed E-state index contributed by atoms with van der Waals surface area (Å²) in [7, 11) is 1.67. The predicted molar refractivity (Wildman–Crippen MR) is 65.4 cm³/mol. The quantitative estimate of drug-likeness (QED) is 0.672. The monoisotopic (exact) mass is 225 g/mol. The molecule has 1 aromatic carbocycles. The number of hydrogen-bond donors (Lipinski definition) is 0. The molecule has 3 rings (SSSR count). The van der Waals surface area contributed by atoms with Gasteiger partial charge in [-0.25, -0.2) is 9.97 Å². The van der Waals surface area contributed by atoms with Crippen molar-refractivity contribution < 1.29 is 4.74 Å². The maximum Gasteiger partial charge on any atom is 0.145 e. The minimum Gasteiger partial charge on any atom is -0.497 e. The van der Waals surface area contributed by atoms with E-state index in [2.05, 4.69) is 9.97 Å². The van der Waals surface area contributed by atoms with Crippen LogP contribution in [0.1, 0.15) is 0 Å². The Morgan fingerprint density at radius 1 is 1.18 bits per heavy atom. The van der Waals surface area contributed by atoms with Gasteiger partial charge in [0.15, 0.2) is 0 Å². The van der Waals surface area contributed by atoms with Crippen LogP contribution < -0.4 is 4.74 Å². The molecule has 2 heterocycles. The summed E-state index contributed by atoms with van der Waals surface area (Å²) in [6.45, 7) is 0. The van der Waals surface area contributed by atoms with Crippen LogP contribution in [0.4, 0.5) is 0 Å². The number of methoxy groups -OCH3 is 1. The fraction of sp³-hybridized carbons (Fsp3) is 0.0769. The van der Waals surface area contributed by atoms with Crippen molar-refractivity contribution in [3.8, 4) is 11.6 Å². The van der Waals surface area contributed by atoms with Crippen molar-refractivity contribution >= 4 is 10.8 Å². The van der Waals surface area contributed by atoms with E-state index in [9.17, 15) is 0 Å². The molecule has 4 nitrogen and oxygen atoms in total. The molecule has 0 N–H and O–H groups in total. The highest BCUT2D eigenvalue weighted by Crippen LogP contribution is 2.24. The number of aromatic nitrogens is 3. The number of fused-ring (bicyclic) bond motifs is 1. The first-order valence-corrected chi connectivity index (χ1v) is 5.29. The number of nitrogens with zero attached hydrogens (tertiary/aromatic N) is 3. The molecule has 0 aliphatic rings. The summed E-state index contributed by atoms with van der Waals surface area (Å²) >= 11 is 0. The molecule has 0 aliphatic carbocycles. The summed E-state index contributed by atoms with van der Waals surface area (Å²) in [4.78, 5) is 8.42.